The Morgan fingerprint density at radius 1 is 1.53 bits per heavy atom. The zero-order valence-electron chi connectivity index (χ0n) is 10.4. The van der Waals surface area contributed by atoms with Crippen LogP contribution < -0.4 is 10.6 Å². The van der Waals surface area contributed by atoms with Crippen LogP contribution in [0.15, 0.2) is 11.6 Å². The van der Waals surface area contributed by atoms with Gasteiger partial charge >= 0.3 is 5.69 Å². The predicted octanol–water partition coefficient (Wildman–Crippen LogP) is 1.37. The number of thiazole rings is 1. The topological polar surface area (TPSA) is 111 Å². The molecular weight excluding hydrogens is 268 g/mol. The third-order valence-electron chi connectivity index (χ3n) is 2.39. The number of rotatable bonds is 4. The lowest BCUT2D eigenvalue weighted by Crippen LogP contribution is -2.20. The lowest BCUT2D eigenvalue weighted by Gasteiger charge is -2.15. The molecule has 0 atom stereocenters. The van der Waals surface area contributed by atoms with Crippen molar-refractivity contribution in [3.63, 3.8) is 0 Å². The quantitative estimate of drug-likeness (QED) is 0.664. The van der Waals surface area contributed by atoms with Gasteiger partial charge in [-0.3, -0.25) is 10.1 Å². The molecule has 0 saturated heterocycles. The van der Waals surface area contributed by atoms with E-state index in [1.165, 1.54) is 0 Å². The molecule has 8 nitrogen and oxygen atoms in total. The molecule has 0 aliphatic heterocycles. The molecule has 19 heavy (non-hydrogen) atoms. The molecule has 2 rings (SSSR count). The Morgan fingerprint density at radius 3 is 2.79 bits per heavy atom. The molecule has 0 aliphatic carbocycles. The summed E-state index contributed by atoms with van der Waals surface area (Å²) in [6.07, 6.45) is 1.11. The second-order valence-electron chi connectivity index (χ2n) is 3.91. The first-order valence-electron chi connectivity index (χ1n) is 5.36. The number of nitrogens with zero attached hydrogens (tertiary/aromatic N) is 5. The van der Waals surface area contributed by atoms with E-state index in [1.54, 1.807) is 23.3 Å². The fourth-order valence-electron chi connectivity index (χ4n) is 1.50. The van der Waals surface area contributed by atoms with Crippen LogP contribution in [0.3, 0.4) is 0 Å². The first kappa shape index (κ1) is 13.1. The Kier molecular flexibility index (Phi) is 3.56. The normalized spacial score (nSPS) is 10.4. The van der Waals surface area contributed by atoms with Crippen molar-refractivity contribution in [1.82, 2.24) is 15.0 Å². The van der Waals surface area contributed by atoms with Crippen molar-refractivity contribution in [3.8, 4) is 0 Å². The van der Waals surface area contributed by atoms with E-state index in [-0.39, 0.29) is 11.5 Å². The SMILES string of the molecule is Cc1nc(CN(C)c2ncc([N+](=O)[O-])c(N)n2)cs1. The van der Waals surface area contributed by atoms with Crippen molar-refractivity contribution in [2.24, 2.45) is 0 Å². The van der Waals surface area contributed by atoms with E-state index in [0.717, 1.165) is 16.9 Å². The monoisotopic (exact) mass is 280 g/mol. The molecule has 0 aliphatic rings. The smallest absolute Gasteiger partial charge is 0.329 e. The molecule has 2 heterocycles. The highest BCUT2D eigenvalue weighted by Gasteiger charge is 2.16. The highest BCUT2D eigenvalue weighted by Crippen LogP contribution is 2.20. The minimum Gasteiger partial charge on any atom is -0.378 e. The summed E-state index contributed by atoms with van der Waals surface area (Å²) in [5.41, 5.74) is 6.13. The molecule has 0 unspecified atom stereocenters. The van der Waals surface area contributed by atoms with Gasteiger partial charge in [0.25, 0.3) is 0 Å². The minimum absolute atomic E-state index is 0.142. The molecule has 0 fully saturated rings. The molecule has 0 aromatic carbocycles. The van der Waals surface area contributed by atoms with Crippen LogP contribution >= 0.6 is 11.3 Å². The van der Waals surface area contributed by atoms with Gasteiger partial charge in [0.05, 0.1) is 22.2 Å². The molecule has 0 spiro atoms. The average molecular weight is 280 g/mol. The number of aromatic nitrogens is 3. The zero-order valence-corrected chi connectivity index (χ0v) is 11.2. The van der Waals surface area contributed by atoms with Gasteiger partial charge in [-0.1, -0.05) is 0 Å². The van der Waals surface area contributed by atoms with Crippen LogP contribution in [0.1, 0.15) is 10.7 Å². The summed E-state index contributed by atoms with van der Waals surface area (Å²) in [5, 5.41) is 13.5. The van der Waals surface area contributed by atoms with Gasteiger partial charge in [0, 0.05) is 12.4 Å². The summed E-state index contributed by atoms with van der Waals surface area (Å²) in [7, 11) is 1.77. The van der Waals surface area contributed by atoms with Crippen molar-refractivity contribution in [2.45, 2.75) is 13.5 Å². The summed E-state index contributed by atoms with van der Waals surface area (Å²) in [6.45, 7) is 2.44. The Labute approximate surface area is 113 Å². The maximum absolute atomic E-state index is 10.6. The minimum atomic E-state index is -0.608. The van der Waals surface area contributed by atoms with Crippen LogP contribution in [0.25, 0.3) is 0 Å². The molecule has 0 saturated carbocycles. The van der Waals surface area contributed by atoms with Gasteiger partial charge in [0.15, 0.2) is 0 Å². The number of aryl methyl sites for hydroxylation is 1. The number of nitrogen functional groups attached to an aromatic ring is 1. The number of hydrogen-bond donors (Lipinski definition) is 1. The number of nitro groups is 1. The van der Waals surface area contributed by atoms with E-state index in [9.17, 15) is 10.1 Å². The van der Waals surface area contributed by atoms with Crippen molar-refractivity contribution in [2.75, 3.05) is 17.7 Å². The lowest BCUT2D eigenvalue weighted by molar-refractivity contribution is -0.384. The fourth-order valence-corrected chi connectivity index (χ4v) is 2.10. The first-order valence-corrected chi connectivity index (χ1v) is 6.24. The van der Waals surface area contributed by atoms with E-state index in [1.807, 2.05) is 12.3 Å². The third kappa shape index (κ3) is 2.94. The molecule has 0 bridgehead atoms. The van der Waals surface area contributed by atoms with E-state index >= 15 is 0 Å². The van der Waals surface area contributed by atoms with E-state index in [2.05, 4.69) is 15.0 Å². The van der Waals surface area contributed by atoms with Gasteiger partial charge < -0.3 is 10.6 Å². The summed E-state index contributed by atoms with van der Waals surface area (Å²) < 4.78 is 0. The van der Waals surface area contributed by atoms with Crippen molar-refractivity contribution in [3.05, 3.63) is 32.4 Å². The summed E-state index contributed by atoms with van der Waals surface area (Å²) in [5.74, 6) is 0.185. The van der Waals surface area contributed by atoms with Crippen LogP contribution in [0.5, 0.6) is 0 Å². The van der Waals surface area contributed by atoms with Gasteiger partial charge in [0.2, 0.25) is 11.8 Å². The highest BCUT2D eigenvalue weighted by molar-refractivity contribution is 7.09. The van der Waals surface area contributed by atoms with Gasteiger partial charge in [0.1, 0.15) is 6.20 Å². The summed E-state index contributed by atoms with van der Waals surface area (Å²) >= 11 is 1.56. The molecule has 9 heteroatoms. The van der Waals surface area contributed by atoms with Crippen LogP contribution in [0.4, 0.5) is 17.5 Å². The van der Waals surface area contributed by atoms with Crippen LogP contribution in [0, 0.1) is 17.0 Å². The molecule has 2 aromatic heterocycles. The molecule has 100 valence electrons. The first-order chi connectivity index (χ1) is 8.97. The van der Waals surface area contributed by atoms with Gasteiger partial charge in [-0.25, -0.2) is 9.97 Å². The fraction of sp³-hybridized carbons (Fsp3) is 0.300. The average Bonchev–Trinajstić information content (AvgIpc) is 2.74. The molecule has 0 amide bonds. The van der Waals surface area contributed by atoms with E-state index in [4.69, 9.17) is 5.73 Å². The van der Waals surface area contributed by atoms with Crippen LogP contribution in [-0.2, 0) is 6.54 Å². The van der Waals surface area contributed by atoms with Crippen molar-refractivity contribution < 1.29 is 4.92 Å². The van der Waals surface area contributed by atoms with E-state index in [0.29, 0.717) is 12.5 Å². The highest BCUT2D eigenvalue weighted by atomic mass is 32.1. The van der Waals surface area contributed by atoms with Gasteiger partial charge in [-0.2, -0.15) is 4.98 Å². The third-order valence-corrected chi connectivity index (χ3v) is 3.21. The second kappa shape index (κ2) is 5.14. The summed E-state index contributed by atoms with van der Waals surface area (Å²) in [4.78, 5) is 23.9. The maximum Gasteiger partial charge on any atom is 0.329 e. The maximum atomic E-state index is 10.6. The molecule has 0 radical (unpaired) electrons. The zero-order chi connectivity index (χ0) is 14.0. The van der Waals surface area contributed by atoms with Gasteiger partial charge in [-0.05, 0) is 6.92 Å². The van der Waals surface area contributed by atoms with Crippen molar-refractivity contribution in [1.29, 1.82) is 0 Å². The van der Waals surface area contributed by atoms with E-state index < -0.39 is 4.92 Å². The van der Waals surface area contributed by atoms with Crippen molar-refractivity contribution >= 4 is 28.8 Å². The number of nitrogens with two attached hydrogens (primary N) is 1. The Morgan fingerprint density at radius 2 is 2.26 bits per heavy atom. The van der Waals surface area contributed by atoms with Crippen LogP contribution in [-0.4, -0.2) is 26.9 Å². The largest absolute Gasteiger partial charge is 0.378 e. The predicted molar refractivity (Wildman–Crippen MR) is 72.1 cm³/mol. The number of anilines is 2. The molecule has 2 N–H and O–H groups in total. The van der Waals surface area contributed by atoms with Gasteiger partial charge in [-0.15, -0.1) is 11.3 Å². The number of hydrogen-bond acceptors (Lipinski definition) is 8. The second-order valence-corrected chi connectivity index (χ2v) is 4.97. The molecule has 2 aromatic rings. The summed E-state index contributed by atoms with van der Waals surface area (Å²) in [6, 6.07) is 0. The Bertz CT molecular complexity index is 614. The Hall–Kier alpha value is -2.29. The molecular formula is C10H12N6O2S. The van der Waals surface area contributed by atoms with Crippen LogP contribution in [0.2, 0.25) is 0 Å². The lowest BCUT2D eigenvalue weighted by atomic mass is 10.4. The Balaban J connectivity index is 2.17. The standard InChI is InChI=1S/C10H12N6O2S/c1-6-13-7(5-19-6)4-15(2)10-12-3-8(16(17)18)9(11)14-10/h3,5H,4H2,1-2H3,(H2,11,12,14).